The van der Waals surface area contributed by atoms with Crippen LogP contribution in [0.15, 0.2) is 67.0 Å². The first-order chi connectivity index (χ1) is 13.0. The smallest absolute Gasteiger partial charge is 0.0957 e. The minimum atomic E-state index is 0.0167. The highest BCUT2D eigenvalue weighted by molar-refractivity contribution is 5.61. The molecule has 0 radical (unpaired) electrons. The number of hydrogen-bond acceptors (Lipinski definition) is 3. The van der Waals surface area contributed by atoms with E-state index in [1.54, 1.807) is 0 Å². The Bertz CT molecular complexity index is 839. The van der Waals surface area contributed by atoms with Crippen LogP contribution in [-0.4, -0.2) is 34.1 Å². The number of rotatable bonds is 8. The Morgan fingerprint density at radius 2 is 1.56 bits per heavy atom. The summed E-state index contributed by atoms with van der Waals surface area (Å²) in [6, 6.07) is 20.6. The van der Waals surface area contributed by atoms with Gasteiger partial charge in [0.1, 0.15) is 0 Å². The maximum atomic E-state index is 6.07. The Morgan fingerprint density at radius 1 is 0.926 bits per heavy atom. The number of benzene rings is 2. The molecule has 3 aromatic rings. The highest BCUT2D eigenvalue weighted by Crippen LogP contribution is 2.25. The summed E-state index contributed by atoms with van der Waals surface area (Å²) in [6.45, 7) is 6.46. The third kappa shape index (κ3) is 4.85. The van der Waals surface area contributed by atoms with Gasteiger partial charge in [-0.05, 0) is 33.5 Å². The molecule has 0 saturated heterocycles. The second-order valence-electron chi connectivity index (χ2n) is 7.72. The highest BCUT2D eigenvalue weighted by Gasteiger charge is 2.24. The molecule has 3 rings (SSSR count). The molecule has 0 spiro atoms. The van der Waals surface area contributed by atoms with Gasteiger partial charge < -0.3 is 14.2 Å². The lowest BCUT2D eigenvalue weighted by atomic mass is 10.0. The second kappa shape index (κ2) is 8.51. The Hall–Kier alpha value is -2.43. The summed E-state index contributed by atoms with van der Waals surface area (Å²) in [6.07, 6.45) is 1.94. The van der Waals surface area contributed by atoms with E-state index in [1.807, 2.05) is 42.7 Å². The quantitative estimate of drug-likeness (QED) is 0.586. The van der Waals surface area contributed by atoms with Crippen LogP contribution in [0.3, 0.4) is 0 Å². The first-order valence-corrected chi connectivity index (χ1v) is 9.36. The van der Waals surface area contributed by atoms with E-state index in [2.05, 4.69) is 61.7 Å². The van der Waals surface area contributed by atoms with Crippen molar-refractivity contribution in [1.29, 1.82) is 0 Å². The fourth-order valence-electron chi connectivity index (χ4n) is 2.93. The van der Waals surface area contributed by atoms with Crippen molar-refractivity contribution in [2.45, 2.75) is 39.1 Å². The van der Waals surface area contributed by atoms with Crippen LogP contribution < -0.4 is 0 Å². The van der Waals surface area contributed by atoms with Gasteiger partial charge in [0.15, 0.2) is 0 Å². The second-order valence-corrected chi connectivity index (χ2v) is 7.72. The van der Waals surface area contributed by atoms with Crippen LogP contribution in [0.5, 0.6) is 0 Å². The molecule has 27 heavy (non-hydrogen) atoms. The SMILES string of the molecule is CN(C)C(C)(C)Cn1cnc(-c2ccccc2)c1COCc1ccccc1. The molecule has 0 aliphatic rings. The average molecular weight is 364 g/mol. The Morgan fingerprint density at radius 3 is 2.19 bits per heavy atom. The van der Waals surface area contributed by atoms with Crippen LogP contribution in [0.1, 0.15) is 25.1 Å². The van der Waals surface area contributed by atoms with Crippen LogP contribution in [-0.2, 0) is 24.5 Å². The van der Waals surface area contributed by atoms with Gasteiger partial charge in [-0.25, -0.2) is 4.98 Å². The maximum absolute atomic E-state index is 6.07. The first-order valence-electron chi connectivity index (χ1n) is 9.36. The van der Waals surface area contributed by atoms with Crippen molar-refractivity contribution < 1.29 is 4.74 Å². The minimum absolute atomic E-state index is 0.0167. The lowest BCUT2D eigenvalue weighted by Gasteiger charge is -2.33. The van der Waals surface area contributed by atoms with Crippen LogP contribution in [0.4, 0.5) is 0 Å². The zero-order valence-electron chi connectivity index (χ0n) is 16.7. The topological polar surface area (TPSA) is 30.3 Å². The lowest BCUT2D eigenvalue weighted by Crippen LogP contribution is -2.42. The van der Waals surface area contributed by atoms with Gasteiger partial charge in [0.2, 0.25) is 0 Å². The number of aromatic nitrogens is 2. The summed E-state index contributed by atoms with van der Waals surface area (Å²) >= 11 is 0. The monoisotopic (exact) mass is 363 g/mol. The molecule has 4 heteroatoms. The summed E-state index contributed by atoms with van der Waals surface area (Å²) in [5.41, 5.74) is 4.43. The number of nitrogens with zero attached hydrogens (tertiary/aromatic N) is 3. The molecular formula is C23H29N3O. The Balaban J connectivity index is 1.84. The highest BCUT2D eigenvalue weighted by atomic mass is 16.5. The fourth-order valence-corrected chi connectivity index (χ4v) is 2.93. The van der Waals surface area contributed by atoms with Gasteiger partial charge >= 0.3 is 0 Å². The van der Waals surface area contributed by atoms with Crippen LogP contribution in [0, 0.1) is 0 Å². The molecular weight excluding hydrogens is 334 g/mol. The van der Waals surface area contributed by atoms with Crippen molar-refractivity contribution in [1.82, 2.24) is 14.5 Å². The molecule has 0 saturated carbocycles. The lowest BCUT2D eigenvalue weighted by molar-refractivity contribution is 0.0985. The summed E-state index contributed by atoms with van der Waals surface area (Å²) in [7, 11) is 4.22. The normalized spacial score (nSPS) is 11.9. The molecule has 0 unspecified atom stereocenters. The predicted octanol–water partition coefficient (Wildman–Crippen LogP) is 4.61. The summed E-state index contributed by atoms with van der Waals surface area (Å²) in [5.74, 6) is 0. The third-order valence-corrected chi connectivity index (χ3v) is 5.11. The van der Waals surface area contributed by atoms with Crippen molar-refractivity contribution >= 4 is 0 Å². The minimum Gasteiger partial charge on any atom is -0.370 e. The van der Waals surface area contributed by atoms with Crippen LogP contribution >= 0.6 is 0 Å². The zero-order valence-corrected chi connectivity index (χ0v) is 16.7. The van der Waals surface area contributed by atoms with Crippen molar-refractivity contribution in [2.24, 2.45) is 0 Å². The van der Waals surface area contributed by atoms with E-state index in [0.717, 1.165) is 23.5 Å². The molecule has 1 heterocycles. The molecule has 0 fully saturated rings. The first kappa shape index (κ1) is 19.3. The van der Waals surface area contributed by atoms with Crippen molar-refractivity contribution in [3.63, 3.8) is 0 Å². The van der Waals surface area contributed by atoms with Gasteiger partial charge in [0.25, 0.3) is 0 Å². The molecule has 0 aliphatic carbocycles. The molecule has 0 bridgehead atoms. The standard InChI is InChI=1S/C23H29N3O/c1-23(2,25(3)4)17-26-18-24-22(20-13-9-6-10-14-20)21(26)16-27-15-19-11-7-5-8-12-19/h5-14,18H,15-17H2,1-4H3. The Kier molecular flexibility index (Phi) is 6.09. The van der Waals surface area contributed by atoms with Gasteiger partial charge in [0, 0.05) is 17.6 Å². The van der Waals surface area contributed by atoms with Crippen molar-refractivity contribution in [2.75, 3.05) is 14.1 Å². The Labute approximate surface area is 162 Å². The summed E-state index contributed by atoms with van der Waals surface area (Å²) in [5, 5.41) is 0. The number of likely N-dealkylation sites (N-methyl/N-ethyl adjacent to an activating group) is 1. The van der Waals surface area contributed by atoms with Crippen molar-refractivity contribution in [3.8, 4) is 11.3 Å². The van der Waals surface area contributed by atoms with E-state index in [1.165, 1.54) is 5.56 Å². The van der Waals surface area contributed by atoms with E-state index in [0.29, 0.717) is 13.2 Å². The van der Waals surface area contributed by atoms with E-state index >= 15 is 0 Å². The molecule has 142 valence electrons. The van der Waals surface area contributed by atoms with Gasteiger partial charge in [-0.2, -0.15) is 0 Å². The van der Waals surface area contributed by atoms with Crippen LogP contribution in [0.2, 0.25) is 0 Å². The van der Waals surface area contributed by atoms with Crippen LogP contribution in [0.25, 0.3) is 11.3 Å². The number of hydrogen-bond donors (Lipinski definition) is 0. The zero-order chi connectivity index (χ0) is 19.3. The number of ether oxygens (including phenoxy) is 1. The molecule has 0 amide bonds. The van der Waals surface area contributed by atoms with E-state index in [-0.39, 0.29) is 5.54 Å². The number of imidazole rings is 1. The van der Waals surface area contributed by atoms with Gasteiger partial charge in [-0.1, -0.05) is 60.7 Å². The van der Waals surface area contributed by atoms with Gasteiger partial charge in [-0.15, -0.1) is 0 Å². The maximum Gasteiger partial charge on any atom is 0.0957 e. The van der Waals surface area contributed by atoms with Gasteiger partial charge in [-0.3, -0.25) is 0 Å². The van der Waals surface area contributed by atoms with E-state index in [4.69, 9.17) is 9.72 Å². The fraction of sp³-hybridized carbons (Fsp3) is 0.348. The summed E-state index contributed by atoms with van der Waals surface area (Å²) in [4.78, 5) is 6.96. The molecule has 2 aromatic carbocycles. The predicted molar refractivity (Wildman–Crippen MR) is 110 cm³/mol. The molecule has 0 N–H and O–H groups in total. The molecule has 4 nitrogen and oxygen atoms in total. The van der Waals surface area contributed by atoms with Crippen molar-refractivity contribution in [3.05, 3.63) is 78.2 Å². The molecule has 0 atom stereocenters. The van der Waals surface area contributed by atoms with E-state index in [9.17, 15) is 0 Å². The largest absolute Gasteiger partial charge is 0.370 e. The molecule has 0 aliphatic heterocycles. The molecule has 1 aromatic heterocycles. The van der Waals surface area contributed by atoms with Gasteiger partial charge in [0.05, 0.1) is 30.9 Å². The average Bonchev–Trinajstić information content (AvgIpc) is 3.05. The third-order valence-electron chi connectivity index (χ3n) is 5.11. The van der Waals surface area contributed by atoms with E-state index < -0.39 is 0 Å². The summed E-state index contributed by atoms with van der Waals surface area (Å²) < 4.78 is 8.30.